The molecule has 0 saturated heterocycles. The first-order valence-corrected chi connectivity index (χ1v) is 8.02. The van der Waals surface area contributed by atoms with Crippen molar-refractivity contribution in [2.45, 2.75) is 33.2 Å². The summed E-state index contributed by atoms with van der Waals surface area (Å²) >= 11 is 0. The number of nitrogens with one attached hydrogen (secondary N) is 1. The number of carbonyl (C=O) groups is 2. The molecule has 0 aliphatic carbocycles. The van der Waals surface area contributed by atoms with Gasteiger partial charge in [0.05, 0.1) is 23.1 Å². The topological polar surface area (TPSA) is 67.2 Å². The lowest BCUT2D eigenvalue weighted by molar-refractivity contribution is -0.113. The Morgan fingerprint density at radius 2 is 1.84 bits per heavy atom. The summed E-state index contributed by atoms with van der Waals surface area (Å²) in [6.45, 7) is 11.5. The summed E-state index contributed by atoms with van der Waals surface area (Å²) in [5.74, 6) is -0.428. The van der Waals surface area contributed by atoms with Crippen molar-refractivity contribution in [2.24, 2.45) is 0 Å². The highest BCUT2D eigenvalue weighted by Gasteiger charge is 2.19. The average Bonchev–Trinajstić information content (AvgIpc) is 2.94. The van der Waals surface area contributed by atoms with Crippen molar-refractivity contribution in [1.29, 1.82) is 0 Å². The molecular weight excluding hydrogens is 316 g/mol. The fourth-order valence-corrected chi connectivity index (χ4v) is 2.50. The van der Waals surface area contributed by atoms with E-state index in [1.165, 1.54) is 11.0 Å². The van der Waals surface area contributed by atoms with Crippen LogP contribution < -0.4 is 10.2 Å². The zero-order valence-electron chi connectivity index (χ0n) is 15.3. The maximum absolute atomic E-state index is 12.5. The van der Waals surface area contributed by atoms with E-state index >= 15 is 0 Å². The summed E-state index contributed by atoms with van der Waals surface area (Å²) in [5, 5.41) is 7.23. The van der Waals surface area contributed by atoms with Crippen LogP contribution in [0.1, 0.15) is 36.8 Å². The van der Waals surface area contributed by atoms with Crippen LogP contribution in [0.4, 0.5) is 11.4 Å². The molecule has 2 amide bonds. The van der Waals surface area contributed by atoms with Gasteiger partial charge in [0, 0.05) is 18.3 Å². The molecular formula is C19H24N4O2. The lowest BCUT2D eigenvalue weighted by Crippen LogP contribution is -2.24. The number of aromatic nitrogens is 2. The van der Waals surface area contributed by atoms with E-state index in [0.717, 1.165) is 5.69 Å². The Labute approximate surface area is 148 Å². The summed E-state index contributed by atoms with van der Waals surface area (Å²) in [6.07, 6.45) is 2.90. The molecule has 0 spiro atoms. The fraction of sp³-hybridized carbons (Fsp3) is 0.316. The molecule has 0 aliphatic heterocycles. The number of amides is 2. The first-order valence-electron chi connectivity index (χ1n) is 8.02. The van der Waals surface area contributed by atoms with Gasteiger partial charge in [-0.1, -0.05) is 6.58 Å². The van der Waals surface area contributed by atoms with Crippen LogP contribution >= 0.6 is 0 Å². The highest BCUT2D eigenvalue weighted by atomic mass is 16.2. The molecule has 0 aliphatic rings. The average molecular weight is 340 g/mol. The van der Waals surface area contributed by atoms with Crippen molar-refractivity contribution in [1.82, 2.24) is 9.78 Å². The van der Waals surface area contributed by atoms with Gasteiger partial charge in [-0.25, -0.2) is 0 Å². The highest BCUT2D eigenvalue weighted by molar-refractivity contribution is 6.05. The molecule has 25 heavy (non-hydrogen) atoms. The molecule has 1 aromatic heterocycles. The minimum atomic E-state index is -0.221. The van der Waals surface area contributed by atoms with Gasteiger partial charge >= 0.3 is 0 Å². The predicted molar refractivity (Wildman–Crippen MR) is 100.0 cm³/mol. The van der Waals surface area contributed by atoms with Crippen LogP contribution in [-0.2, 0) is 10.3 Å². The van der Waals surface area contributed by atoms with Gasteiger partial charge in [0.1, 0.15) is 0 Å². The molecule has 0 saturated carbocycles. The van der Waals surface area contributed by atoms with Crippen LogP contribution in [0.15, 0.2) is 43.1 Å². The number of benzene rings is 1. The fourth-order valence-electron chi connectivity index (χ4n) is 2.50. The lowest BCUT2D eigenvalue weighted by atomic mass is 10.1. The molecule has 2 aromatic rings. The van der Waals surface area contributed by atoms with Crippen LogP contribution in [0.3, 0.4) is 0 Å². The molecule has 2 rings (SSSR count). The van der Waals surface area contributed by atoms with Gasteiger partial charge < -0.3 is 10.2 Å². The van der Waals surface area contributed by atoms with Gasteiger partial charge in [0.15, 0.2) is 0 Å². The molecule has 1 N–H and O–H groups in total. The third-order valence-corrected chi connectivity index (χ3v) is 3.92. The zero-order valence-corrected chi connectivity index (χ0v) is 15.3. The number of nitrogens with zero attached hydrogens (tertiary/aromatic N) is 3. The molecule has 0 unspecified atom stereocenters. The number of hydrogen-bond donors (Lipinski definition) is 1. The van der Waals surface area contributed by atoms with E-state index in [9.17, 15) is 9.59 Å². The Morgan fingerprint density at radius 1 is 1.24 bits per heavy atom. The lowest BCUT2D eigenvalue weighted by Gasteiger charge is -2.21. The summed E-state index contributed by atoms with van der Waals surface area (Å²) in [6, 6.07) is 6.81. The second kappa shape index (κ2) is 6.93. The van der Waals surface area contributed by atoms with Crippen molar-refractivity contribution in [3.05, 3.63) is 54.4 Å². The summed E-state index contributed by atoms with van der Waals surface area (Å²) in [5.41, 5.74) is 2.62. The van der Waals surface area contributed by atoms with Gasteiger partial charge in [-0.2, -0.15) is 5.10 Å². The summed E-state index contributed by atoms with van der Waals surface area (Å²) in [4.78, 5) is 25.5. The van der Waals surface area contributed by atoms with Crippen LogP contribution in [0.25, 0.3) is 0 Å². The van der Waals surface area contributed by atoms with Crippen molar-refractivity contribution in [3.63, 3.8) is 0 Å². The van der Waals surface area contributed by atoms with Gasteiger partial charge in [-0.15, -0.1) is 0 Å². The largest absolute Gasteiger partial charge is 0.319 e. The Balaban J connectivity index is 2.16. The van der Waals surface area contributed by atoms with E-state index in [-0.39, 0.29) is 17.4 Å². The minimum absolute atomic E-state index is 0.156. The van der Waals surface area contributed by atoms with Gasteiger partial charge in [-0.05, 0) is 58.0 Å². The van der Waals surface area contributed by atoms with Crippen LogP contribution in [-0.4, -0.2) is 28.6 Å². The van der Waals surface area contributed by atoms with E-state index in [1.807, 2.05) is 11.6 Å². The quantitative estimate of drug-likeness (QED) is 0.868. The molecule has 0 fully saturated rings. The summed E-state index contributed by atoms with van der Waals surface area (Å²) < 4.78 is 1.88. The number of likely N-dealkylation sites (N-methyl/N-ethyl adjacent to an activating group) is 1. The third kappa shape index (κ3) is 3.96. The molecule has 6 heteroatoms. The smallest absolute Gasteiger partial charge is 0.255 e. The second-order valence-corrected chi connectivity index (χ2v) is 6.83. The number of hydrogen-bond acceptors (Lipinski definition) is 3. The first kappa shape index (κ1) is 18.4. The van der Waals surface area contributed by atoms with Crippen LogP contribution in [0, 0.1) is 6.92 Å². The van der Waals surface area contributed by atoms with Gasteiger partial charge in [-0.3, -0.25) is 14.3 Å². The van der Waals surface area contributed by atoms with E-state index in [2.05, 4.69) is 37.8 Å². The Hall–Kier alpha value is -2.89. The third-order valence-electron chi connectivity index (χ3n) is 3.92. The van der Waals surface area contributed by atoms with Gasteiger partial charge in [0.25, 0.3) is 5.91 Å². The minimum Gasteiger partial charge on any atom is -0.319 e. The zero-order chi connectivity index (χ0) is 18.8. The predicted octanol–water partition coefficient (Wildman–Crippen LogP) is 3.35. The normalized spacial score (nSPS) is 11.1. The molecule has 6 nitrogen and oxygen atoms in total. The maximum atomic E-state index is 12.5. The Morgan fingerprint density at radius 3 is 2.32 bits per heavy atom. The molecule has 0 bridgehead atoms. The standard InChI is InChI=1S/C19H24N4O2/c1-7-17(24)22(6)15-10-8-14(9-11-15)18(25)21-16-12-20-23(13(16)2)19(3,4)5/h7-12H,1H2,2-6H3,(H,21,25). The molecule has 0 radical (unpaired) electrons. The summed E-state index contributed by atoms with van der Waals surface area (Å²) in [7, 11) is 1.66. The number of carbonyl (C=O) groups excluding carboxylic acids is 2. The number of rotatable bonds is 4. The monoisotopic (exact) mass is 340 g/mol. The SMILES string of the molecule is C=CC(=O)N(C)c1ccc(C(=O)Nc2cnn(C(C)(C)C)c2C)cc1. The van der Waals surface area contributed by atoms with Crippen molar-refractivity contribution < 1.29 is 9.59 Å². The van der Waals surface area contributed by atoms with Crippen LogP contribution in [0.5, 0.6) is 0 Å². The Bertz CT molecular complexity index is 798. The van der Waals surface area contributed by atoms with Crippen molar-refractivity contribution in [2.75, 3.05) is 17.3 Å². The molecule has 1 heterocycles. The Kier molecular flexibility index (Phi) is 5.11. The second-order valence-electron chi connectivity index (χ2n) is 6.83. The van der Waals surface area contributed by atoms with Crippen molar-refractivity contribution in [3.8, 4) is 0 Å². The highest BCUT2D eigenvalue weighted by Crippen LogP contribution is 2.22. The van der Waals surface area contributed by atoms with E-state index in [1.54, 1.807) is 37.5 Å². The van der Waals surface area contributed by atoms with E-state index in [4.69, 9.17) is 0 Å². The van der Waals surface area contributed by atoms with Gasteiger partial charge in [0.2, 0.25) is 5.91 Å². The number of anilines is 2. The van der Waals surface area contributed by atoms with Crippen molar-refractivity contribution >= 4 is 23.2 Å². The van der Waals surface area contributed by atoms with E-state index in [0.29, 0.717) is 16.9 Å². The first-order chi connectivity index (χ1) is 11.6. The molecule has 132 valence electrons. The maximum Gasteiger partial charge on any atom is 0.255 e. The molecule has 1 aromatic carbocycles. The van der Waals surface area contributed by atoms with Crippen LogP contribution in [0.2, 0.25) is 0 Å². The molecule has 0 atom stereocenters. The van der Waals surface area contributed by atoms with E-state index < -0.39 is 0 Å².